The van der Waals surface area contributed by atoms with Gasteiger partial charge in [0.2, 0.25) is 0 Å². The van der Waals surface area contributed by atoms with Gasteiger partial charge in [-0.1, -0.05) is 13.0 Å². The van der Waals surface area contributed by atoms with E-state index in [0.29, 0.717) is 6.04 Å². The Labute approximate surface area is 123 Å². The second-order valence-electron chi connectivity index (χ2n) is 6.05. The molecule has 4 heteroatoms. The van der Waals surface area contributed by atoms with Crippen molar-refractivity contribution in [2.24, 2.45) is 5.73 Å². The molecule has 0 aliphatic carbocycles. The highest BCUT2D eigenvalue weighted by atomic mass is 15.2. The second kappa shape index (κ2) is 7.04. The number of aromatic nitrogens is 1. The van der Waals surface area contributed by atoms with E-state index in [0.717, 1.165) is 25.2 Å². The van der Waals surface area contributed by atoms with Crippen molar-refractivity contribution in [2.45, 2.75) is 44.7 Å². The summed E-state index contributed by atoms with van der Waals surface area (Å²) in [6.45, 7) is 4.40. The first-order valence-corrected chi connectivity index (χ1v) is 7.72. The fourth-order valence-electron chi connectivity index (χ4n) is 2.83. The number of nitrogens with two attached hydrogens (primary N) is 1. The van der Waals surface area contributed by atoms with Gasteiger partial charge >= 0.3 is 0 Å². The van der Waals surface area contributed by atoms with E-state index < -0.39 is 0 Å². The molecule has 0 saturated carbocycles. The summed E-state index contributed by atoms with van der Waals surface area (Å²) in [5.74, 6) is 1.05. The predicted octanol–water partition coefficient (Wildman–Crippen LogP) is 1.89. The van der Waals surface area contributed by atoms with Gasteiger partial charge in [-0.3, -0.25) is 0 Å². The number of hydrogen-bond acceptors (Lipinski definition) is 4. The molecule has 1 aliphatic heterocycles. The minimum atomic E-state index is 0.243. The van der Waals surface area contributed by atoms with Crippen molar-refractivity contribution in [3.05, 3.63) is 23.9 Å². The predicted molar refractivity (Wildman–Crippen MR) is 85.1 cm³/mol. The molecule has 1 aliphatic rings. The van der Waals surface area contributed by atoms with Crippen LogP contribution in [0.1, 0.15) is 31.7 Å². The van der Waals surface area contributed by atoms with Gasteiger partial charge in [-0.05, 0) is 50.9 Å². The first kappa shape index (κ1) is 15.3. The zero-order valence-electron chi connectivity index (χ0n) is 13.0. The third-order valence-corrected chi connectivity index (χ3v) is 4.38. The minimum Gasteiger partial charge on any atom is -0.358 e. The summed E-state index contributed by atoms with van der Waals surface area (Å²) in [5, 5.41) is 0. The molecule has 1 saturated heterocycles. The Balaban J connectivity index is 1.91. The summed E-state index contributed by atoms with van der Waals surface area (Å²) >= 11 is 0. The van der Waals surface area contributed by atoms with Crippen LogP contribution >= 0.6 is 0 Å². The molecule has 2 N–H and O–H groups in total. The highest BCUT2D eigenvalue weighted by Gasteiger charge is 2.22. The zero-order valence-corrected chi connectivity index (χ0v) is 13.0. The summed E-state index contributed by atoms with van der Waals surface area (Å²) in [6.07, 6.45) is 6.51. The topological polar surface area (TPSA) is 45.4 Å². The van der Waals surface area contributed by atoms with Crippen LogP contribution in [0.4, 0.5) is 5.82 Å². The number of pyridine rings is 1. The molecule has 4 nitrogen and oxygen atoms in total. The van der Waals surface area contributed by atoms with Gasteiger partial charge in [0, 0.05) is 31.9 Å². The van der Waals surface area contributed by atoms with Crippen molar-refractivity contribution in [1.82, 2.24) is 9.88 Å². The maximum atomic E-state index is 5.98. The Morgan fingerprint density at radius 1 is 1.50 bits per heavy atom. The zero-order chi connectivity index (χ0) is 14.5. The van der Waals surface area contributed by atoms with Gasteiger partial charge < -0.3 is 15.5 Å². The fourth-order valence-corrected chi connectivity index (χ4v) is 2.83. The highest BCUT2D eigenvalue weighted by molar-refractivity contribution is 5.38. The van der Waals surface area contributed by atoms with Gasteiger partial charge in [0.25, 0.3) is 0 Å². The molecule has 1 aromatic heterocycles. The van der Waals surface area contributed by atoms with Crippen molar-refractivity contribution >= 4 is 5.82 Å². The van der Waals surface area contributed by atoms with Crippen LogP contribution in [0, 0.1) is 0 Å². The molecule has 0 aromatic carbocycles. The largest absolute Gasteiger partial charge is 0.358 e. The molecule has 2 atom stereocenters. The Bertz CT molecular complexity index is 403. The summed E-state index contributed by atoms with van der Waals surface area (Å²) in [4.78, 5) is 9.29. The maximum Gasteiger partial charge on any atom is 0.128 e. The molecule has 112 valence electrons. The van der Waals surface area contributed by atoms with Crippen LogP contribution < -0.4 is 10.6 Å². The fraction of sp³-hybridized carbons (Fsp3) is 0.688. The van der Waals surface area contributed by atoms with E-state index in [4.69, 9.17) is 5.73 Å². The molecule has 2 rings (SSSR count). The molecule has 0 spiro atoms. The molecular formula is C16H28N4. The minimum absolute atomic E-state index is 0.243. The number of nitrogens with zero attached hydrogens (tertiary/aromatic N) is 3. The average molecular weight is 276 g/mol. The van der Waals surface area contributed by atoms with Crippen LogP contribution in [0.3, 0.4) is 0 Å². The monoisotopic (exact) mass is 276 g/mol. The van der Waals surface area contributed by atoms with Crippen molar-refractivity contribution < 1.29 is 0 Å². The number of anilines is 1. The third-order valence-electron chi connectivity index (χ3n) is 4.38. The lowest BCUT2D eigenvalue weighted by molar-refractivity contribution is 0.314. The Morgan fingerprint density at radius 2 is 2.30 bits per heavy atom. The Morgan fingerprint density at radius 3 is 2.85 bits per heavy atom. The molecule has 2 unspecified atom stereocenters. The smallest absolute Gasteiger partial charge is 0.128 e. The van der Waals surface area contributed by atoms with Crippen LogP contribution in [0.25, 0.3) is 0 Å². The van der Waals surface area contributed by atoms with Crippen LogP contribution in [-0.2, 0) is 6.42 Å². The first-order valence-electron chi connectivity index (χ1n) is 7.72. The van der Waals surface area contributed by atoms with E-state index in [9.17, 15) is 0 Å². The van der Waals surface area contributed by atoms with E-state index in [-0.39, 0.29) is 6.04 Å². The van der Waals surface area contributed by atoms with E-state index in [1.165, 1.54) is 24.9 Å². The van der Waals surface area contributed by atoms with E-state index in [2.05, 4.69) is 47.9 Å². The van der Waals surface area contributed by atoms with E-state index >= 15 is 0 Å². The van der Waals surface area contributed by atoms with Gasteiger partial charge in [-0.2, -0.15) is 0 Å². The highest BCUT2D eigenvalue weighted by Crippen LogP contribution is 2.18. The molecule has 1 fully saturated rings. The third kappa shape index (κ3) is 3.93. The normalized spacial score (nSPS) is 21.1. The number of rotatable bonds is 6. The molecule has 0 amide bonds. The van der Waals surface area contributed by atoms with Crippen molar-refractivity contribution in [1.29, 1.82) is 0 Å². The van der Waals surface area contributed by atoms with Gasteiger partial charge in [0.1, 0.15) is 5.82 Å². The summed E-state index contributed by atoms with van der Waals surface area (Å²) < 4.78 is 0. The van der Waals surface area contributed by atoms with Crippen molar-refractivity contribution in [2.75, 3.05) is 32.1 Å². The Kier molecular flexibility index (Phi) is 5.38. The quantitative estimate of drug-likeness (QED) is 0.862. The van der Waals surface area contributed by atoms with Crippen LogP contribution in [0.15, 0.2) is 18.3 Å². The van der Waals surface area contributed by atoms with Gasteiger partial charge in [0.05, 0.1) is 0 Å². The SMILES string of the molecule is CCC(N)Cc1ccc(N(C)CC2CCCN2C)nc1. The van der Waals surface area contributed by atoms with Crippen LogP contribution in [0.2, 0.25) is 0 Å². The van der Waals surface area contributed by atoms with Crippen LogP contribution in [0.5, 0.6) is 0 Å². The van der Waals surface area contributed by atoms with Gasteiger partial charge in [0.15, 0.2) is 0 Å². The summed E-state index contributed by atoms with van der Waals surface area (Å²) in [5.41, 5.74) is 7.21. The van der Waals surface area contributed by atoms with Gasteiger partial charge in [-0.25, -0.2) is 4.98 Å². The summed E-state index contributed by atoms with van der Waals surface area (Å²) in [6, 6.07) is 5.18. The van der Waals surface area contributed by atoms with E-state index in [1.54, 1.807) is 0 Å². The molecule has 1 aromatic rings. The first-order chi connectivity index (χ1) is 9.60. The lowest BCUT2D eigenvalue weighted by Crippen LogP contribution is -2.36. The maximum absolute atomic E-state index is 5.98. The standard InChI is InChI=1S/C16H28N4/c1-4-14(17)10-13-7-8-16(18-11-13)20(3)12-15-6-5-9-19(15)2/h7-8,11,14-15H,4-6,9-10,12,17H2,1-3H3. The summed E-state index contributed by atoms with van der Waals surface area (Å²) in [7, 11) is 4.35. The van der Waals surface area contributed by atoms with Gasteiger partial charge in [-0.15, -0.1) is 0 Å². The van der Waals surface area contributed by atoms with Crippen LogP contribution in [-0.4, -0.2) is 49.2 Å². The lowest BCUT2D eigenvalue weighted by Gasteiger charge is -2.26. The number of likely N-dealkylation sites (tertiary alicyclic amines) is 1. The van der Waals surface area contributed by atoms with Crippen molar-refractivity contribution in [3.8, 4) is 0 Å². The molecule has 0 bridgehead atoms. The molecule has 0 radical (unpaired) electrons. The molecular weight excluding hydrogens is 248 g/mol. The average Bonchev–Trinajstić information content (AvgIpc) is 2.85. The molecule has 2 heterocycles. The Hall–Kier alpha value is -1.13. The number of likely N-dealkylation sites (N-methyl/N-ethyl adjacent to an activating group) is 2. The van der Waals surface area contributed by atoms with Crippen molar-refractivity contribution in [3.63, 3.8) is 0 Å². The number of hydrogen-bond donors (Lipinski definition) is 1. The molecule has 20 heavy (non-hydrogen) atoms. The van der Waals surface area contributed by atoms with E-state index in [1.807, 2.05) is 6.20 Å². The lowest BCUT2D eigenvalue weighted by atomic mass is 10.1. The second-order valence-corrected chi connectivity index (χ2v) is 6.05.